The molecule has 1 heterocycles. The molecule has 1 aliphatic carbocycles. The minimum atomic E-state index is -0.379. The average molecular weight is 376 g/mol. The monoisotopic (exact) mass is 376 g/mol. The number of rotatable bonds is 3. The van der Waals surface area contributed by atoms with Crippen LogP contribution in [0.1, 0.15) is 41.2 Å². The van der Waals surface area contributed by atoms with Crippen LogP contribution in [-0.4, -0.2) is 15.7 Å². The Balaban J connectivity index is 1.73. The van der Waals surface area contributed by atoms with Crippen molar-refractivity contribution < 1.29 is 9.18 Å². The first-order chi connectivity index (χ1) is 13.3. The number of hydrogen-bond acceptors (Lipinski definition) is 4. The van der Waals surface area contributed by atoms with E-state index < -0.39 is 0 Å². The molecule has 0 spiro atoms. The number of hydrogen-bond donors (Lipinski definition) is 0. The summed E-state index contributed by atoms with van der Waals surface area (Å²) in [5.74, 6) is -0.665. The fourth-order valence-corrected chi connectivity index (χ4v) is 3.46. The first kappa shape index (κ1) is 18.2. The number of halogens is 1. The lowest BCUT2D eigenvalue weighted by atomic mass is 9.79. The highest BCUT2D eigenvalue weighted by molar-refractivity contribution is 5.96. The second kappa shape index (κ2) is 6.78. The van der Waals surface area contributed by atoms with Crippen LogP contribution in [0.3, 0.4) is 0 Å². The van der Waals surface area contributed by atoms with Crippen molar-refractivity contribution in [1.82, 2.24) is 9.78 Å². The Bertz CT molecular complexity index is 1060. The van der Waals surface area contributed by atoms with Crippen LogP contribution in [0.2, 0.25) is 0 Å². The molecule has 4 rings (SSSR count). The van der Waals surface area contributed by atoms with Crippen LogP contribution in [0.15, 0.2) is 58.8 Å². The topological polar surface area (TPSA) is 59.6 Å². The Labute approximate surface area is 162 Å². The van der Waals surface area contributed by atoms with E-state index in [1.807, 2.05) is 31.2 Å². The Morgan fingerprint density at radius 3 is 2.39 bits per heavy atom. The maximum absolute atomic E-state index is 13.2. The molecular weight excluding hydrogens is 355 g/mol. The van der Waals surface area contributed by atoms with Gasteiger partial charge in [0.05, 0.1) is 17.1 Å². The van der Waals surface area contributed by atoms with Crippen LogP contribution in [0, 0.1) is 18.2 Å². The van der Waals surface area contributed by atoms with Crippen LogP contribution in [0.5, 0.6) is 0 Å². The van der Waals surface area contributed by atoms with Crippen LogP contribution in [0.4, 0.5) is 15.8 Å². The van der Waals surface area contributed by atoms with Gasteiger partial charge < -0.3 is 0 Å². The number of benzene rings is 2. The van der Waals surface area contributed by atoms with Gasteiger partial charge in [0, 0.05) is 5.56 Å². The summed E-state index contributed by atoms with van der Waals surface area (Å²) in [6.45, 7) is 6.30. The van der Waals surface area contributed by atoms with E-state index in [0.29, 0.717) is 24.1 Å². The quantitative estimate of drug-likeness (QED) is 0.562. The number of fused-ring (bicyclic) bond motifs is 2. The van der Waals surface area contributed by atoms with Crippen molar-refractivity contribution in [2.75, 3.05) is 0 Å². The number of nitrogens with zero attached hydrogens (tertiary/aromatic N) is 4. The fraction of sp³-hybridized carbons (Fsp3) is 0.273. The number of carbonyl (C=O) groups is 1. The maximum Gasteiger partial charge on any atom is 0.278 e. The summed E-state index contributed by atoms with van der Waals surface area (Å²) < 4.78 is 14.6. The van der Waals surface area contributed by atoms with Gasteiger partial charge in [0.15, 0.2) is 0 Å². The van der Waals surface area contributed by atoms with Gasteiger partial charge in [-0.2, -0.15) is 14.9 Å². The van der Waals surface area contributed by atoms with Crippen LogP contribution >= 0.6 is 0 Å². The second-order valence-corrected chi connectivity index (χ2v) is 8.02. The first-order valence-electron chi connectivity index (χ1n) is 9.22. The van der Waals surface area contributed by atoms with Gasteiger partial charge in [-0.3, -0.25) is 4.79 Å². The lowest BCUT2D eigenvalue weighted by Crippen LogP contribution is -2.23. The molecule has 6 heteroatoms. The number of carbonyl (C=O) groups excluding carboxylic acids is 1. The molecule has 0 N–H and O–H groups in total. The Kier molecular flexibility index (Phi) is 4.41. The average Bonchev–Trinajstić information content (AvgIpc) is 2.88. The predicted molar refractivity (Wildman–Crippen MR) is 105 cm³/mol. The van der Waals surface area contributed by atoms with Gasteiger partial charge in [0.2, 0.25) is 0 Å². The molecule has 0 amide bonds. The fourth-order valence-electron chi connectivity index (χ4n) is 3.46. The highest BCUT2D eigenvalue weighted by atomic mass is 19.1. The lowest BCUT2D eigenvalue weighted by Gasteiger charge is -2.26. The number of aryl methyl sites for hydroxylation is 1. The molecule has 1 aliphatic rings. The molecule has 0 aliphatic heterocycles. The molecule has 1 aromatic heterocycles. The summed E-state index contributed by atoms with van der Waals surface area (Å²) in [6, 6.07) is 13.3. The molecule has 2 bridgehead atoms. The lowest BCUT2D eigenvalue weighted by molar-refractivity contribution is 0.0941. The number of aromatic nitrogens is 2. The molecule has 0 unspecified atom stereocenters. The zero-order chi connectivity index (χ0) is 19.9. The third-order valence-corrected chi connectivity index (χ3v) is 4.90. The Morgan fingerprint density at radius 1 is 1.04 bits per heavy atom. The van der Waals surface area contributed by atoms with Crippen molar-refractivity contribution in [3.63, 3.8) is 0 Å². The molecule has 0 fully saturated rings. The largest absolute Gasteiger partial charge is 0.278 e. The van der Waals surface area contributed by atoms with Gasteiger partial charge in [-0.15, -0.1) is 5.11 Å². The molecule has 142 valence electrons. The van der Waals surface area contributed by atoms with E-state index in [-0.39, 0.29) is 17.1 Å². The van der Waals surface area contributed by atoms with E-state index in [1.54, 1.807) is 0 Å². The van der Waals surface area contributed by atoms with Gasteiger partial charge in [-0.1, -0.05) is 31.5 Å². The van der Waals surface area contributed by atoms with E-state index in [0.717, 1.165) is 22.6 Å². The van der Waals surface area contributed by atoms with E-state index in [4.69, 9.17) is 0 Å². The summed E-state index contributed by atoms with van der Waals surface area (Å²) >= 11 is 0. The predicted octanol–water partition coefficient (Wildman–Crippen LogP) is 5.56. The van der Waals surface area contributed by atoms with Gasteiger partial charge >= 0.3 is 0 Å². The molecule has 28 heavy (non-hydrogen) atoms. The van der Waals surface area contributed by atoms with Crippen LogP contribution < -0.4 is 0 Å². The smallest absolute Gasteiger partial charge is 0.267 e. The normalized spacial score (nSPS) is 15.1. The number of azo groups is 1. The second-order valence-electron chi connectivity index (χ2n) is 8.02. The van der Waals surface area contributed by atoms with Crippen molar-refractivity contribution in [3.8, 4) is 0 Å². The summed E-state index contributed by atoms with van der Waals surface area (Å²) in [5.41, 5.74) is 4.44. The summed E-state index contributed by atoms with van der Waals surface area (Å²) in [4.78, 5) is 13.0. The molecular formula is C22H21FN4O. The van der Waals surface area contributed by atoms with Crippen molar-refractivity contribution in [3.05, 3.63) is 76.9 Å². The summed E-state index contributed by atoms with van der Waals surface area (Å²) in [7, 11) is 0. The third-order valence-electron chi connectivity index (χ3n) is 4.90. The minimum absolute atomic E-state index is 0.0190. The Morgan fingerprint density at radius 2 is 1.71 bits per heavy atom. The molecule has 0 saturated heterocycles. The Hall–Kier alpha value is -3.15. The SMILES string of the molecule is Cc1ccc(N=Nc2c3nn(C(=O)c4ccc(F)cc4)c2CC(C)(C)C3)cc1. The van der Waals surface area contributed by atoms with E-state index in [1.165, 1.54) is 28.9 Å². The van der Waals surface area contributed by atoms with Crippen molar-refractivity contribution in [1.29, 1.82) is 0 Å². The van der Waals surface area contributed by atoms with Crippen LogP contribution in [0.25, 0.3) is 0 Å². The summed E-state index contributed by atoms with van der Waals surface area (Å²) in [5, 5.41) is 13.3. The zero-order valence-electron chi connectivity index (χ0n) is 16.1. The van der Waals surface area contributed by atoms with Crippen LogP contribution in [-0.2, 0) is 12.8 Å². The van der Waals surface area contributed by atoms with Gasteiger partial charge in [-0.05, 0) is 61.6 Å². The molecule has 0 saturated carbocycles. The van der Waals surface area contributed by atoms with E-state index in [9.17, 15) is 9.18 Å². The molecule has 2 aromatic carbocycles. The highest BCUT2D eigenvalue weighted by Gasteiger charge is 2.35. The van der Waals surface area contributed by atoms with Gasteiger partial charge in [0.25, 0.3) is 5.91 Å². The first-order valence-corrected chi connectivity index (χ1v) is 9.22. The van der Waals surface area contributed by atoms with E-state index >= 15 is 0 Å². The molecule has 0 atom stereocenters. The van der Waals surface area contributed by atoms with Crippen molar-refractivity contribution >= 4 is 17.3 Å². The minimum Gasteiger partial charge on any atom is -0.267 e. The zero-order valence-corrected chi connectivity index (χ0v) is 16.1. The van der Waals surface area contributed by atoms with Gasteiger partial charge in [0.1, 0.15) is 11.5 Å². The van der Waals surface area contributed by atoms with Gasteiger partial charge in [-0.25, -0.2) is 4.39 Å². The van der Waals surface area contributed by atoms with Crippen molar-refractivity contribution in [2.45, 2.75) is 33.6 Å². The van der Waals surface area contributed by atoms with E-state index in [2.05, 4.69) is 29.2 Å². The summed E-state index contributed by atoms with van der Waals surface area (Å²) in [6.07, 6.45) is 1.38. The molecule has 0 radical (unpaired) electrons. The highest BCUT2D eigenvalue weighted by Crippen LogP contribution is 2.41. The standard InChI is InChI=1S/C22H21FN4O/c1-14-4-10-17(11-5-14)24-25-20-18-12-22(2,3)13-19(20)27(26-18)21(28)15-6-8-16(23)9-7-15/h4-11H,12-13H2,1-3H3. The molecule has 3 aromatic rings. The van der Waals surface area contributed by atoms with Crippen molar-refractivity contribution in [2.24, 2.45) is 15.6 Å². The molecule has 5 nitrogen and oxygen atoms in total. The maximum atomic E-state index is 13.2. The third kappa shape index (κ3) is 3.50.